The summed E-state index contributed by atoms with van der Waals surface area (Å²) in [4.78, 5) is 34.8. The number of fused-ring (bicyclic) bond motifs is 1. The number of aromatic nitrogens is 3. The van der Waals surface area contributed by atoms with Crippen LogP contribution in [0.25, 0.3) is 11.5 Å². The first-order valence-corrected chi connectivity index (χ1v) is 11.9. The Hall–Kier alpha value is -4.77. The smallest absolute Gasteiger partial charge is 0.317 e. The largest absolute Gasteiger partial charge is 0.403 e. The number of para-hydroxylation sites is 1. The van der Waals surface area contributed by atoms with Crippen molar-refractivity contribution in [1.29, 1.82) is 0 Å². The molecule has 0 radical (unpaired) electrons. The third-order valence-corrected chi connectivity index (χ3v) is 6.13. The lowest BCUT2D eigenvalue weighted by Crippen LogP contribution is -2.37. The molecule has 1 atom stereocenters. The van der Waals surface area contributed by atoms with Crippen molar-refractivity contribution in [3.05, 3.63) is 88.2 Å². The summed E-state index contributed by atoms with van der Waals surface area (Å²) >= 11 is 0. The minimum absolute atomic E-state index is 0.0244. The first-order chi connectivity index (χ1) is 18.2. The van der Waals surface area contributed by atoms with Crippen molar-refractivity contribution in [2.75, 3.05) is 41.8 Å². The molecule has 0 bridgehead atoms. The number of ether oxygens (including phenoxy) is 1. The van der Waals surface area contributed by atoms with Gasteiger partial charge in [0.2, 0.25) is 11.7 Å². The summed E-state index contributed by atoms with van der Waals surface area (Å²) in [7, 11) is 0. The number of benzene rings is 2. The Labute approximate surface area is 211 Å². The lowest BCUT2D eigenvalue weighted by molar-refractivity contribution is -0.116. The topological polar surface area (TPSA) is 138 Å². The Kier molecular flexibility index (Phi) is 5.95. The average molecular weight is 498 g/mol. The van der Waals surface area contributed by atoms with E-state index >= 15 is 0 Å². The van der Waals surface area contributed by atoms with E-state index in [0.717, 1.165) is 11.1 Å². The third kappa shape index (κ3) is 4.59. The Morgan fingerprint density at radius 3 is 2.51 bits per heavy atom. The van der Waals surface area contributed by atoms with Crippen molar-refractivity contribution in [2.45, 2.75) is 6.17 Å². The Morgan fingerprint density at radius 2 is 1.68 bits per heavy atom. The Balaban J connectivity index is 1.33. The van der Waals surface area contributed by atoms with Crippen molar-refractivity contribution >= 4 is 29.1 Å². The summed E-state index contributed by atoms with van der Waals surface area (Å²) in [6, 6.07) is 20.2. The summed E-state index contributed by atoms with van der Waals surface area (Å²) < 4.78 is 11.3. The summed E-state index contributed by atoms with van der Waals surface area (Å²) in [6.45, 7) is 2.33. The standard InChI is InChI=1S/C26H23N7O4/c34-20-11-10-18(23(28-20)33-12-14-36-15-13-33)25-31-32-26(37-25)30-22-24(35)27-19-9-5-4-8-17(19)21(29-22)16-6-2-1-3-7-16/h1-11,22H,12-15H2,(H,27,35)(H,28,34)(H,30,32). The highest BCUT2D eigenvalue weighted by atomic mass is 16.5. The Bertz CT molecular complexity index is 1520. The van der Waals surface area contributed by atoms with Crippen LogP contribution >= 0.6 is 0 Å². The molecule has 186 valence electrons. The maximum Gasteiger partial charge on any atom is 0.317 e. The Morgan fingerprint density at radius 1 is 0.892 bits per heavy atom. The van der Waals surface area contributed by atoms with E-state index < -0.39 is 6.17 Å². The van der Waals surface area contributed by atoms with E-state index in [2.05, 4.69) is 25.8 Å². The van der Waals surface area contributed by atoms with Gasteiger partial charge in [-0.3, -0.25) is 9.59 Å². The monoisotopic (exact) mass is 497 g/mol. The van der Waals surface area contributed by atoms with Gasteiger partial charge < -0.3 is 29.7 Å². The third-order valence-electron chi connectivity index (χ3n) is 6.13. The van der Waals surface area contributed by atoms with Crippen LogP contribution in [-0.2, 0) is 9.53 Å². The predicted molar refractivity (Wildman–Crippen MR) is 138 cm³/mol. The molecule has 1 amide bonds. The molecule has 2 aliphatic heterocycles. The molecule has 37 heavy (non-hydrogen) atoms. The molecular formula is C26H23N7O4. The number of morpholine rings is 1. The summed E-state index contributed by atoms with van der Waals surface area (Å²) in [5, 5.41) is 14.1. The number of carbonyl (C=O) groups is 1. The molecule has 0 saturated carbocycles. The van der Waals surface area contributed by atoms with Crippen LogP contribution in [0.2, 0.25) is 0 Å². The molecule has 2 aliphatic rings. The van der Waals surface area contributed by atoms with Gasteiger partial charge in [0.15, 0.2) is 0 Å². The van der Waals surface area contributed by atoms with Gasteiger partial charge in [-0.05, 0) is 12.1 Å². The minimum Gasteiger partial charge on any atom is -0.403 e. The lowest BCUT2D eigenvalue weighted by atomic mass is 10.0. The number of nitrogens with one attached hydrogen (secondary N) is 3. The summed E-state index contributed by atoms with van der Waals surface area (Å²) in [5.74, 6) is 0.416. The molecule has 6 rings (SSSR count). The van der Waals surface area contributed by atoms with Crippen LogP contribution in [0.1, 0.15) is 11.1 Å². The fourth-order valence-corrected chi connectivity index (χ4v) is 4.36. The molecule has 1 fully saturated rings. The molecule has 11 heteroatoms. The number of pyridine rings is 1. The number of hydrogen-bond donors (Lipinski definition) is 3. The molecule has 3 N–H and O–H groups in total. The fourth-order valence-electron chi connectivity index (χ4n) is 4.36. The zero-order chi connectivity index (χ0) is 25.2. The van der Waals surface area contributed by atoms with Gasteiger partial charge in [-0.15, -0.1) is 5.10 Å². The molecule has 2 aromatic carbocycles. The number of amides is 1. The van der Waals surface area contributed by atoms with Crippen LogP contribution in [0.4, 0.5) is 17.5 Å². The second-order valence-corrected chi connectivity index (χ2v) is 8.52. The van der Waals surface area contributed by atoms with Crippen LogP contribution in [0.5, 0.6) is 0 Å². The zero-order valence-corrected chi connectivity index (χ0v) is 19.7. The predicted octanol–water partition coefficient (Wildman–Crippen LogP) is 2.49. The second-order valence-electron chi connectivity index (χ2n) is 8.52. The van der Waals surface area contributed by atoms with E-state index in [1.54, 1.807) is 6.07 Å². The van der Waals surface area contributed by atoms with Gasteiger partial charge in [0.05, 0.1) is 30.2 Å². The van der Waals surface area contributed by atoms with Crippen molar-refractivity contribution in [2.24, 2.45) is 4.99 Å². The molecule has 4 heterocycles. The van der Waals surface area contributed by atoms with Gasteiger partial charge in [-0.25, -0.2) is 4.99 Å². The molecule has 4 aromatic rings. The summed E-state index contributed by atoms with van der Waals surface area (Å²) in [5.41, 5.74) is 3.33. The quantitative estimate of drug-likeness (QED) is 0.382. The van der Waals surface area contributed by atoms with Crippen molar-refractivity contribution < 1.29 is 13.9 Å². The molecule has 2 aromatic heterocycles. The molecule has 11 nitrogen and oxygen atoms in total. The number of nitrogens with zero attached hydrogens (tertiary/aromatic N) is 4. The van der Waals surface area contributed by atoms with E-state index in [4.69, 9.17) is 14.1 Å². The number of anilines is 3. The SMILES string of the molecule is O=C1Nc2ccccc2C(c2ccccc2)=NC1Nc1nnc(-c2ccc(=O)[nH]c2N2CCOCC2)o1. The molecular weight excluding hydrogens is 474 g/mol. The molecule has 0 spiro atoms. The van der Waals surface area contributed by atoms with Crippen LogP contribution in [0, 0.1) is 0 Å². The first-order valence-electron chi connectivity index (χ1n) is 11.9. The van der Waals surface area contributed by atoms with Crippen molar-refractivity contribution in [3.8, 4) is 11.5 Å². The molecule has 1 saturated heterocycles. The fraction of sp³-hybridized carbons (Fsp3) is 0.192. The van der Waals surface area contributed by atoms with E-state index in [0.29, 0.717) is 49.1 Å². The van der Waals surface area contributed by atoms with E-state index in [9.17, 15) is 9.59 Å². The van der Waals surface area contributed by atoms with Gasteiger partial charge in [-0.2, -0.15) is 0 Å². The molecule has 1 unspecified atom stereocenters. The zero-order valence-electron chi connectivity index (χ0n) is 19.7. The second kappa shape index (κ2) is 9.70. The highest BCUT2D eigenvalue weighted by Crippen LogP contribution is 2.29. The number of hydrogen-bond acceptors (Lipinski definition) is 9. The lowest BCUT2D eigenvalue weighted by Gasteiger charge is -2.29. The van der Waals surface area contributed by atoms with Crippen LogP contribution < -0.4 is 21.1 Å². The van der Waals surface area contributed by atoms with E-state index in [1.807, 2.05) is 59.5 Å². The molecule has 0 aliphatic carbocycles. The minimum atomic E-state index is -1.02. The highest BCUT2D eigenvalue weighted by Gasteiger charge is 2.28. The summed E-state index contributed by atoms with van der Waals surface area (Å²) in [6.07, 6.45) is -1.02. The van der Waals surface area contributed by atoms with Crippen LogP contribution in [-0.4, -0.2) is 59.3 Å². The highest BCUT2D eigenvalue weighted by molar-refractivity contribution is 6.19. The number of aromatic amines is 1. The van der Waals surface area contributed by atoms with Crippen molar-refractivity contribution in [3.63, 3.8) is 0 Å². The van der Waals surface area contributed by atoms with Crippen molar-refractivity contribution in [1.82, 2.24) is 15.2 Å². The normalized spacial score (nSPS) is 17.4. The maximum atomic E-state index is 13.1. The number of carbonyl (C=O) groups excluding carboxylic acids is 1. The number of rotatable bonds is 5. The van der Waals surface area contributed by atoms with Gasteiger partial charge in [0, 0.05) is 30.3 Å². The first kappa shape index (κ1) is 22.7. The van der Waals surface area contributed by atoms with Gasteiger partial charge in [-0.1, -0.05) is 53.6 Å². The number of aliphatic imine (C=N–C) groups is 1. The van der Waals surface area contributed by atoms with Crippen LogP contribution in [0.3, 0.4) is 0 Å². The number of benzodiazepines with no additional fused rings is 1. The number of H-pyrrole nitrogens is 1. The van der Waals surface area contributed by atoms with Crippen LogP contribution in [0.15, 0.2) is 80.9 Å². The van der Waals surface area contributed by atoms with Gasteiger partial charge in [0.1, 0.15) is 5.82 Å². The van der Waals surface area contributed by atoms with Gasteiger partial charge in [0.25, 0.3) is 11.8 Å². The maximum absolute atomic E-state index is 13.1. The van der Waals surface area contributed by atoms with E-state index in [1.165, 1.54) is 6.07 Å². The average Bonchev–Trinajstić information content (AvgIpc) is 3.35. The van der Waals surface area contributed by atoms with E-state index in [-0.39, 0.29) is 23.4 Å². The van der Waals surface area contributed by atoms with Gasteiger partial charge >= 0.3 is 6.01 Å².